The normalized spacial score (nSPS) is 13.1. The Balaban J connectivity index is 2.25. The monoisotopic (exact) mass is 264 g/mol. The number of nitrogens with two attached hydrogens (primary N) is 1. The standard InChI is InChI=1S/C12H20N6O/c1-4-19-5-8(7(2)3)16-11-9-10(15-6-14-9)17-12(13)18-11/h6-8H,4-5H2,1-3H3,(H4,13,14,15,16,17,18). The number of nitrogen functional groups attached to an aromatic ring is 1. The van der Waals surface area contributed by atoms with Crippen molar-refractivity contribution in [3.8, 4) is 0 Å². The lowest BCUT2D eigenvalue weighted by Crippen LogP contribution is -2.31. The zero-order valence-corrected chi connectivity index (χ0v) is 11.5. The van der Waals surface area contributed by atoms with Crippen LogP contribution in [0.4, 0.5) is 11.8 Å². The molecule has 2 rings (SSSR count). The summed E-state index contributed by atoms with van der Waals surface area (Å²) in [6, 6.07) is 0.153. The fourth-order valence-electron chi connectivity index (χ4n) is 1.78. The Morgan fingerprint density at radius 3 is 2.89 bits per heavy atom. The van der Waals surface area contributed by atoms with Crippen molar-refractivity contribution >= 4 is 22.9 Å². The molecule has 0 fully saturated rings. The van der Waals surface area contributed by atoms with Gasteiger partial charge in [-0.1, -0.05) is 13.8 Å². The average molecular weight is 264 g/mol. The smallest absolute Gasteiger partial charge is 0.224 e. The largest absolute Gasteiger partial charge is 0.380 e. The summed E-state index contributed by atoms with van der Waals surface area (Å²) < 4.78 is 5.49. The molecule has 0 aliphatic heterocycles. The Hall–Kier alpha value is -1.89. The van der Waals surface area contributed by atoms with E-state index in [4.69, 9.17) is 10.5 Å². The summed E-state index contributed by atoms with van der Waals surface area (Å²) >= 11 is 0. The second-order valence-corrected chi connectivity index (χ2v) is 4.69. The van der Waals surface area contributed by atoms with E-state index in [9.17, 15) is 0 Å². The molecule has 0 aliphatic carbocycles. The van der Waals surface area contributed by atoms with Gasteiger partial charge in [0, 0.05) is 6.61 Å². The maximum absolute atomic E-state index is 5.69. The summed E-state index contributed by atoms with van der Waals surface area (Å²) in [6.45, 7) is 7.55. The van der Waals surface area contributed by atoms with Crippen LogP contribution in [0, 0.1) is 5.92 Å². The Morgan fingerprint density at radius 2 is 2.21 bits per heavy atom. The van der Waals surface area contributed by atoms with Gasteiger partial charge >= 0.3 is 0 Å². The first-order chi connectivity index (χ1) is 9.11. The number of ether oxygens (including phenoxy) is 1. The van der Waals surface area contributed by atoms with E-state index in [1.807, 2.05) is 6.92 Å². The number of aromatic nitrogens is 4. The van der Waals surface area contributed by atoms with E-state index in [2.05, 4.69) is 39.1 Å². The predicted octanol–water partition coefficient (Wildman–Crippen LogP) is 1.41. The Kier molecular flexibility index (Phi) is 4.16. The number of nitrogens with one attached hydrogen (secondary N) is 2. The Labute approximate surface area is 112 Å². The van der Waals surface area contributed by atoms with E-state index >= 15 is 0 Å². The van der Waals surface area contributed by atoms with Crippen molar-refractivity contribution in [2.24, 2.45) is 5.92 Å². The highest BCUT2D eigenvalue weighted by atomic mass is 16.5. The van der Waals surface area contributed by atoms with Crippen molar-refractivity contribution in [1.29, 1.82) is 0 Å². The first-order valence-corrected chi connectivity index (χ1v) is 6.42. The summed E-state index contributed by atoms with van der Waals surface area (Å²) in [5.41, 5.74) is 7.01. The third-order valence-electron chi connectivity index (χ3n) is 2.93. The van der Waals surface area contributed by atoms with Gasteiger partial charge < -0.3 is 20.8 Å². The molecular weight excluding hydrogens is 244 g/mol. The molecule has 7 nitrogen and oxygen atoms in total. The van der Waals surface area contributed by atoms with Crippen LogP contribution in [0.3, 0.4) is 0 Å². The zero-order valence-electron chi connectivity index (χ0n) is 11.5. The molecular formula is C12H20N6O. The Morgan fingerprint density at radius 1 is 1.42 bits per heavy atom. The van der Waals surface area contributed by atoms with Gasteiger partial charge in [0.05, 0.1) is 19.0 Å². The number of rotatable bonds is 6. The van der Waals surface area contributed by atoms with Crippen LogP contribution in [-0.4, -0.2) is 39.2 Å². The van der Waals surface area contributed by atoms with Crippen molar-refractivity contribution < 1.29 is 4.74 Å². The van der Waals surface area contributed by atoms with Gasteiger partial charge in [-0.15, -0.1) is 0 Å². The highest BCUT2D eigenvalue weighted by Gasteiger charge is 2.17. The van der Waals surface area contributed by atoms with Gasteiger partial charge in [0.15, 0.2) is 11.5 Å². The number of anilines is 2. The molecule has 0 aliphatic rings. The van der Waals surface area contributed by atoms with Crippen LogP contribution < -0.4 is 11.1 Å². The maximum atomic E-state index is 5.69. The van der Waals surface area contributed by atoms with E-state index in [-0.39, 0.29) is 12.0 Å². The molecule has 0 aromatic carbocycles. The van der Waals surface area contributed by atoms with E-state index in [1.54, 1.807) is 6.33 Å². The van der Waals surface area contributed by atoms with E-state index in [1.165, 1.54) is 0 Å². The topological polar surface area (TPSA) is 102 Å². The zero-order chi connectivity index (χ0) is 13.8. The van der Waals surface area contributed by atoms with Crippen LogP contribution in [0.15, 0.2) is 6.33 Å². The van der Waals surface area contributed by atoms with Gasteiger partial charge in [0.2, 0.25) is 5.95 Å². The fraction of sp³-hybridized carbons (Fsp3) is 0.583. The van der Waals surface area contributed by atoms with Crippen LogP contribution in [0.5, 0.6) is 0 Å². The molecule has 2 aromatic heterocycles. The van der Waals surface area contributed by atoms with E-state index in [0.717, 1.165) is 5.52 Å². The maximum Gasteiger partial charge on any atom is 0.224 e. The van der Waals surface area contributed by atoms with Gasteiger partial charge in [-0.2, -0.15) is 9.97 Å². The minimum Gasteiger partial charge on any atom is -0.380 e. The van der Waals surface area contributed by atoms with Gasteiger partial charge in [0.25, 0.3) is 0 Å². The molecule has 0 saturated carbocycles. The van der Waals surface area contributed by atoms with Gasteiger partial charge in [0.1, 0.15) is 5.52 Å². The molecule has 0 spiro atoms. The number of fused-ring (bicyclic) bond motifs is 1. The van der Waals surface area contributed by atoms with Crippen LogP contribution >= 0.6 is 0 Å². The van der Waals surface area contributed by atoms with Crippen LogP contribution in [0.2, 0.25) is 0 Å². The average Bonchev–Trinajstić information content (AvgIpc) is 2.81. The van der Waals surface area contributed by atoms with Crippen molar-refractivity contribution in [3.05, 3.63) is 6.33 Å². The predicted molar refractivity (Wildman–Crippen MR) is 74.8 cm³/mol. The van der Waals surface area contributed by atoms with Gasteiger partial charge in [-0.3, -0.25) is 0 Å². The fourth-order valence-corrected chi connectivity index (χ4v) is 1.78. The molecule has 19 heavy (non-hydrogen) atoms. The second kappa shape index (κ2) is 5.83. The van der Waals surface area contributed by atoms with Gasteiger partial charge in [-0.05, 0) is 12.8 Å². The molecule has 2 heterocycles. The third-order valence-corrected chi connectivity index (χ3v) is 2.93. The lowest BCUT2D eigenvalue weighted by molar-refractivity contribution is 0.126. The lowest BCUT2D eigenvalue weighted by Gasteiger charge is -2.22. The van der Waals surface area contributed by atoms with Gasteiger partial charge in [-0.25, -0.2) is 4.98 Å². The SMILES string of the molecule is CCOCC(Nc1nc(N)nc2nc[nH]c12)C(C)C. The highest BCUT2D eigenvalue weighted by Crippen LogP contribution is 2.20. The van der Waals surface area contributed by atoms with Crippen molar-refractivity contribution in [3.63, 3.8) is 0 Å². The summed E-state index contributed by atoms with van der Waals surface area (Å²) in [4.78, 5) is 15.4. The third kappa shape index (κ3) is 3.11. The van der Waals surface area contributed by atoms with Crippen molar-refractivity contribution in [2.75, 3.05) is 24.3 Å². The van der Waals surface area contributed by atoms with Crippen molar-refractivity contribution in [2.45, 2.75) is 26.8 Å². The lowest BCUT2D eigenvalue weighted by atomic mass is 10.1. The minimum atomic E-state index is 0.153. The molecule has 4 N–H and O–H groups in total. The highest BCUT2D eigenvalue weighted by molar-refractivity contribution is 5.83. The second-order valence-electron chi connectivity index (χ2n) is 4.69. The van der Waals surface area contributed by atoms with Crippen LogP contribution in [0.25, 0.3) is 11.2 Å². The molecule has 0 radical (unpaired) electrons. The molecule has 7 heteroatoms. The molecule has 104 valence electrons. The van der Waals surface area contributed by atoms with Crippen LogP contribution in [0.1, 0.15) is 20.8 Å². The van der Waals surface area contributed by atoms with E-state index in [0.29, 0.717) is 30.6 Å². The molecule has 1 unspecified atom stereocenters. The summed E-state index contributed by atoms with van der Waals surface area (Å²) in [5.74, 6) is 1.28. The minimum absolute atomic E-state index is 0.153. The Bertz CT molecular complexity index is 538. The molecule has 0 bridgehead atoms. The van der Waals surface area contributed by atoms with E-state index < -0.39 is 0 Å². The summed E-state index contributed by atoms with van der Waals surface area (Å²) in [5, 5.41) is 3.36. The number of hydrogen-bond acceptors (Lipinski definition) is 6. The quantitative estimate of drug-likeness (QED) is 0.729. The van der Waals surface area contributed by atoms with Crippen LogP contribution in [-0.2, 0) is 4.74 Å². The van der Waals surface area contributed by atoms with Crippen molar-refractivity contribution in [1.82, 2.24) is 19.9 Å². The summed E-state index contributed by atoms with van der Waals surface area (Å²) in [6.07, 6.45) is 1.58. The number of hydrogen-bond donors (Lipinski definition) is 3. The first-order valence-electron chi connectivity index (χ1n) is 6.42. The molecule has 2 aromatic rings. The molecule has 1 atom stereocenters. The number of aromatic amines is 1. The number of imidazole rings is 1. The summed E-state index contributed by atoms with van der Waals surface area (Å²) in [7, 11) is 0. The molecule has 0 saturated heterocycles. The molecule has 0 amide bonds. The number of H-pyrrole nitrogens is 1. The first kappa shape index (κ1) is 13.5. The number of nitrogens with zero attached hydrogens (tertiary/aromatic N) is 3.